The number of fused-ring (bicyclic) bond motifs is 3. The van der Waals surface area contributed by atoms with Gasteiger partial charge in [-0.3, -0.25) is 4.79 Å². The maximum Gasteiger partial charge on any atom is 0.265 e. The molecular formula is C23H21NO4. The number of benzene rings is 3. The van der Waals surface area contributed by atoms with E-state index >= 15 is 0 Å². The molecule has 0 saturated heterocycles. The average molecular weight is 375 g/mol. The van der Waals surface area contributed by atoms with Crippen LogP contribution in [0.3, 0.4) is 0 Å². The highest BCUT2D eigenvalue weighted by molar-refractivity contribution is 6.06. The lowest BCUT2D eigenvalue weighted by molar-refractivity contribution is -0.122. The smallest absolute Gasteiger partial charge is 0.265 e. The molecule has 0 unspecified atom stereocenters. The first-order valence-corrected chi connectivity index (χ1v) is 9.21. The summed E-state index contributed by atoms with van der Waals surface area (Å²) < 4.78 is 17.1. The molecule has 1 heterocycles. The first kappa shape index (κ1) is 17.9. The molecule has 142 valence electrons. The largest absolute Gasteiger partial charge is 0.493 e. The Kier molecular flexibility index (Phi) is 4.89. The van der Waals surface area contributed by atoms with Crippen LogP contribution in [0.1, 0.15) is 13.3 Å². The number of carbonyl (C=O) groups excluding carboxylic acids is 1. The molecule has 0 radical (unpaired) electrons. The summed E-state index contributed by atoms with van der Waals surface area (Å²) in [6.07, 6.45) is -0.112. The van der Waals surface area contributed by atoms with Crippen LogP contribution in [0.4, 0.5) is 5.69 Å². The van der Waals surface area contributed by atoms with Crippen LogP contribution >= 0.6 is 0 Å². The normalized spacial score (nSPS) is 12.1. The molecule has 4 rings (SSSR count). The quantitative estimate of drug-likeness (QED) is 0.491. The fourth-order valence-corrected chi connectivity index (χ4v) is 3.22. The molecule has 4 aromatic rings. The Morgan fingerprint density at radius 2 is 1.68 bits per heavy atom. The van der Waals surface area contributed by atoms with E-state index in [9.17, 15) is 4.79 Å². The summed E-state index contributed by atoms with van der Waals surface area (Å²) in [6.45, 7) is 1.90. The first-order chi connectivity index (χ1) is 13.7. The summed E-state index contributed by atoms with van der Waals surface area (Å²) in [6, 6.07) is 20.8. The van der Waals surface area contributed by atoms with E-state index in [1.165, 1.54) is 0 Å². The number of amides is 1. The van der Waals surface area contributed by atoms with Crippen LogP contribution in [-0.2, 0) is 4.79 Å². The fraction of sp³-hybridized carbons (Fsp3) is 0.174. The molecule has 0 fully saturated rings. The van der Waals surface area contributed by atoms with Gasteiger partial charge in [0.1, 0.15) is 11.2 Å². The Labute approximate surface area is 162 Å². The number of furan rings is 1. The van der Waals surface area contributed by atoms with Gasteiger partial charge >= 0.3 is 0 Å². The van der Waals surface area contributed by atoms with E-state index in [-0.39, 0.29) is 5.91 Å². The first-order valence-electron chi connectivity index (χ1n) is 9.21. The second-order valence-corrected chi connectivity index (χ2v) is 6.46. The maximum atomic E-state index is 12.7. The van der Waals surface area contributed by atoms with Crippen molar-refractivity contribution in [2.24, 2.45) is 0 Å². The standard InChI is InChI=1S/C23H21NO4/c1-3-18(27-21-11-7-6-10-20(21)26-2)23(25)24-15-12-13-17-16-8-4-5-9-19(16)28-22(17)14-15/h4-14,18H,3H2,1-2H3,(H,24,25)/t18-/m0/s1. The van der Waals surface area contributed by atoms with Crippen molar-refractivity contribution in [3.63, 3.8) is 0 Å². The summed E-state index contributed by atoms with van der Waals surface area (Å²) in [5.74, 6) is 0.918. The average Bonchev–Trinajstić information content (AvgIpc) is 3.09. The fourth-order valence-electron chi connectivity index (χ4n) is 3.22. The summed E-state index contributed by atoms with van der Waals surface area (Å²) >= 11 is 0. The number of rotatable bonds is 6. The topological polar surface area (TPSA) is 60.7 Å². The Hall–Kier alpha value is -3.47. The third kappa shape index (κ3) is 3.39. The van der Waals surface area contributed by atoms with E-state index in [1.54, 1.807) is 19.2 Å². The Bertz CT molecular complexity index is 1130. The lowest BCUT2D eigenvalue weighted by Crippen LogP contribution is -2.32. The molecule has 0 aliphatic carbocycles. The number of hydrogen-bond acceptors (Lipinski definition) is 4. The van der Waals surface area contributed by atoms with Gasteiger partial charge in [-0.15, -0.1) is 0 Å². The van der Waals surface area contributed by atoms with Crippen molar-refractivity contribution >= 4 is 33.5 Å². The van der Waals surface area contributed by atoms with Crippen molar-refractivity contribution < 1.29 is 18.7 Å². The lowest BCUT2D eigenvalue weighted by Gasteiger charge is -2.18. The minimum atomic E-state index is -0.636. The zero-order valence-electron chi connectivity index (χ0n) is 15.8. The second-order valence-electron chi connectivity index (χ2n) is 6.46. The molecule has 1 N–H and O–H groups in total. The number of ether oxygens (including phenoxy) is 2. The van der Waals surface area contributed by atoms with E-state index < -0.39 is 6.10 Å². The van der Waals surface area contributed by atoms with E-state index in [0.717, 1.165) is 21.9 Å². The molecule has 5 nitrogen and oxygen atoms in total. The molecule has 28 heavy (non-hydrogen) atoms. The molecule has 1 amide bonds. The van der Waals surface area contributed by atoms with Gasteiger partial charge in [0.25, 0.3) is 5.91 Å². The van der Waals surface area contributed by atoms with E-state index in [1.807, 2.05) is 61.5 Å². The van der Waals surface area contributed by atoms with Gasteiger partial charge in [0.05, 0.1) is 7.11 Å². The third-order valence-electron chi connectivity index (χ3n) is 4.65. The van der Waals surface area contributed by atoms with Gasteiger partial charge in [-0.1, -0.05) is 37.3 Å². The highest BCUT2D eigenvalue weighted by Crippen LogP contribution is 2.31. The molecule has 0 saturated carbocycles. The molecule has 0 bridgehead atoms. The van der Waals surface area contributed by atoms with Crippen molar-refractivity contribution in [1.82, 2.24) is 0 Å². The minimum Gasteiger partial charge on any atom is -0.493 e. The zero-order valence-corrected chi connectivity index (χ0v) is 15.8. The number of para-hydroxylation sites is 3. The third-order valence-corrected chi connectivity index (χ3v) is 4.65. The number of nitrogens with one attached hydrogen (secondary N) is 1. The van der Waals surface area contributed by atoms with Crippen LogP contribution in [0.25, 0.3) is 21.9 Å². The summed E-state index contributed by atoms with van der Waals surface area (Å²) in [5.41, 5.74) is 2.23. The Morgan fingerprint density at radius 1 is 0.964 bits per heavy atom. The summed E-state index contributed by atoms with van der Waals surface area (Å²) in [7, 11) is 1.58. The number of carbonyl (C=O) groups is 1. The Morgan fingerprint density at radius 3 is 2.46 bits per heavy atom. The van der Waals surface area contributed by atoms with Crippen LogP contribution in [0, 0.1) is 0 Å². The van der Waals surface area contributed by atoms with Crippen molar-refractivity contribution in [3.05, 3.63) is 66.7 Å². The Balaban J connectivity index is 1.55. The van der Waals surface area contributed by atoms with Gasteiger partial charge in [-0.05, 0) is 36.8 Å². The molecule has 1 aromatic heterocycles. The SMILES string of the molecule is CC[C@H](Oc1ccccc1OC)C(=O)Nc1ccc2c(c1)oc1ccccc12. The second kappa shape index (κ2) is 7.64. The number of hydrogen-bond donors (Lipinski definition) is 1. The van der Waals surface area contributed by atoms with E-state index in [0.29, 0.717) is 23.6 Å². The maximum absolute atomic E-state index is 12.7. The van der Waals surface area contributed by atoms with Gasteiger partial charge < -0.3 is 19.2 Å². The van der Waals surface area contributed by atoms with Crippen LogP contribution in [0.2, 0.25) is 0 Å². The summed E-state index contributed by atoms with van der Waals surface area (Å²) in [4.78, 5) is 12.7. The molecule has 0 aliphatic rings. The van der Waals surface area contributed by atoms with Gasteiger partial charge in [0, 0.05) is 22.5 Å². The van der Waals surface area contributed by atoms with Crippen molar-refractivity contribution in [3.8, 4) is 11.5 Å². The van der Waals surface area contributed by atoms with Crippen LogP contribution in [0.15, 0.2) is 71.1 Å². The van der Waals surface area contributed by atoms with Crippen LogP contribution in [0.5, 0.6) is 11.5 Å². The molecule has 1 atom stereocenters. The monoisotopic (exact) mass is 375 g/mol. The lowest BCUT2D eigenvalue weighted by atomic mass is 10.1. The van der Waals surface area contributed by atoms with Crippen LogP contribution in [-0.4, -0.2) is 19.1 Å². The zero-order chi connectivity index (χ0) is 19.5. The van der Waals surface area contributed by atoms with E-state index in [2.05, 4.69) is 5.32 Å². The van der Waals surface area contributed by atoms with Crippen LogP contribution < -0.4 is 14.8 Å². The van der Waals surface area contributed by atoms with Gasteiger partial charge in [0.2, 0.25) is 0 Å². The van der Waals surface area contributed by atoms with Crippen molar-refractivity contribution in [2.75, 3.05) is 12.4 Å². The van der Waals surface area contributed by atoms with Crippen molar-refractivity contribution in [1.29, 1.82) is 0 Å². The molecular weight excluding hydrogens is 354 g/mol. The molecule has 0 spiro atoms. The van der Waals surface area contributed by atoms with Gasteiger partial charge in [-0.2, -0.15) is 0 Å². The number of methoxy groups -OCH3 is 1. The molecule has 0 aliphatic heterocycles. The molecule has 3 aromatic carbocycles. The highest BCUT2D eigenvalue weighted by Gasteiger charge is 2.20. The van der Waals surface area contributed by atoms with Gasteiger partial charge in [0.15, 0.2) is 17.6 Å². The number of anilines is 1. The molecule has 5 heteroatoms. The highest BCUT2D eigenvalue weighted by atomic mass is 16.5. The predicted octanol–water partition coefficient (Wildman–Crippen LogP) is 5.39. The van der Waals surface area contributed by atoms with Gasteiger partial charge in [-0.25, -0.2) is 0 Å². The van der Waals surface area contributed by atoms with E-state index in [4.69, 9.17) is 13.9 Å². The summed E-state index contributed by atoms with van der Waals surface area (Å²) in [5, 5.41) is 5.00. The van der Waals surface area contributed by atoms with Crippen molar-refractivity contribution in [2.45, 2.75) is 19.4 Å². The minimum absolute atomic E-state index is 0.219. The predicted molar refractivity (Wildman–Crippen MR) is 110 cm³/mol.